The molecule has 0 bridgehead atoms. The summed E-state index contributed by atoms with van der Waals surface area (Å²) in [6, 6.07) is 0. The van der Waals surface area contributed by atoms with Crippen LogP contribution in [-0.2, 0) is 23.9 Å². The predicted octanol–water partition coefficient (Wildman–Crippen LogP) is 2.66. The fourth-order valence-electron chi connectivity index (χ4n) is 7.72. The summed E-state index contributed by atoms with van der Waals surface area (Å²) >= 11 is 0. The van der Waals surface area contributed by atoms with Crippen LogP contribution in [-0.4, -0.2) is 40.6 Å². The van der Waals surface area contributed by atoms with Gasteiger partial charge in [0, 0.05) is 23.2 Å². The maximum absolute atomic E-state index is 13.6. The topological polar surface area (TPSA) is 97.7 Å². The number of esters is 1. The number of carbonyl (C=O) groups is 4. The number of ether oxygens (including phenoxy) is 1. The lowest BCUT2D eigenvalue weighted by atomic mass is 9.36. The van der Waals surface area contributed by atoms with Crippen LogP contribution in [0.1, 0.15) is 61.3 Å². The van der Waals surface area contributed by atoms with Gasteiger partial charge in [0.15, 0.2) is 17.7 Å². The van der Waals surface area contributed by atoms with Crippen molar-refractivity contribution in [3.63, 3.8) is 0 Å². The molecule has 4 rings (SSSR count). The van der Waals surface area contributed by atoms with Gasteiger partial charge in [-0.15, -0.1) is 0 Å². The van der Waals surface area contributed by atoms with E-state index in [0.29, 0.717) is 12.8 Å². The molecule has 164 valence electrons. The molecule has 6 heteroatoms. The van der Waals surface area contributed by atoms with E-state index in [1.807, 2.05) is 19.9 Å². The summed E-state index contributed by atoms with van der Waals surface area (Å²) in [5, 5.41) is 11.4. The Bertz CT molecular complexity index is 915. The first-order chi connectivity index (χ1) is 13.7. The Morgan fingerprint density at radius 3 is 2.23 bits per heavy atom. The molecule has 1 heterocycles. The van der Waals surface area contributed by atoms with Crippen LogP contribution in [0.3, 0.4) is 0 Å². The van der Waals surface area contributed by atoms with Crippen LogP contribution in [0.25, 0.3) is 0 Å². The second-order valence-electron chi connectivity index (χ2n) is 11.2. The van der Waals surface area contributed by atoms with Crippen LogP contribution in [0, 0.1) is 39.4 Å². The minimum atomic E-state index is -1.46. The molecular weight excluding hydrogens is 384 g/mol. The number of aliphatic hydroxyl groups excluding tert-OH is 1. The first-order valence-corrected chi connectivity index (χ1v) is 10.8. The van der Waals surface area contributed by atoms with Crippen molar-refractivity contribution in [1.29, 1.82) is 0 Å². The van der Waals surface area contributed by atoms with Gasteiger partial charge in [-0.1, -0.05) is 39.3 Å². The van der Waals surface area contributed by atoms with Crippen LogP contribution < -0.4 is 0 Å². The number of ketones is 3. The van der Waals surface area contributed by atoms with Gasteiger partial charge in [-0.2, -0.15) is 0 Å². The molecule has 3 fully saturated rings. The second kappa shape index (κ2) is 5.90. The van der Waals surface area contributed by atoms with Gasteiger partial charge in [0.1, 0.15) is 11.9 Å². The zero-order valence-electron chi connectivity index (χ0n) is 18.9. The number of cyclic esters (lactones) is 1. The molecule has 0 spiro atoms. The first kappa shape index (κ1) is 21.4. The lowest BCUT2D eigenvalue weighted by Gasteiger charge is -2.66. The molecule has 0 aromatic heterocycles. The monoisotopic (exact) mass is 416 g/mol. The number of hydrogen-bond donors (Lipinski definition) is 1. The Balaban J connectivity index is 2.00. The van der Waals surface area contributed by atoms with Gasteiger partial charge < -0.3 is 9.84 Å². The Hall–Kier alpha value is -1.82. The van der Waals surface area contributed by atoms with Crippen molar-refractivity contribution in [2.24, 2.45) is 39.4 Å². The highest BCUT2D eigenvalue weighted by Crippen LogP contribution is 2.69. The lowest BCUT2D eigenvalue weighted by molar-refractivity contribution is -0.218. The van der Waals surface area contributed by atoms with Gasteiger partial charge in [-0.3, -0.25) is 19.2 Å². The number of fused-ring (bicyclic) bond motifs is 5. The summed E-state index contributed by atoms with van der Waals surface area (Å²) in [5.41, 5.74) is -3.06. The van der Waals surface area contributed by atoms with Crippen molar-refractivity contribution in [3.8, 4) is 0 Å². The van der Waals surface area contributed by atoms with E-state index < -0.39 is 57.5 Å². The number of hydrogen-bond acceptors (Lipinski definition) is 6. The van der Waals surface area contributed by atoms with E-state index in [1.165, 1.54) is 0 Å². The third-order valence-corrected chi connectivity index (χ3v) is 9.36. The quantitative estimate of drug-likeness (QED) is 0.482. The van der Waals surface area contributed by atoms with Gasteiger partial charge >= 0.3 is 5.97 Å². The molecule has 0 aromatic rings. The number of carbonyl (C=O) groups excluding carboxylic acids is 4. The molecular formula is C24H32O6. The molecule has 3 aliphatic carbocycles. The van der Waals surface area contributed by atoms with E-state index in [0.717, 1.165) is 5.57 Å². The molecule has 0 amide bonds. The molecule has 1 aliphatic heterocycles. The number of allylic oxidation sites excluding steroid dienone is 2. The first-order valence-electron chi connectivity index (χ1n) is 10.8. The summed E-state index contributed by atoms with van der Waals surface area (Å²) in [5.74, 6) is -3.07. The van der Waals surface area contributed by atoms with Gasteiger partial charge in [0.2, 0.25) is 0 Å². The van der Waals surface area contributed by atoms with Crippen LogP contribution in [0.4, 0.5) is 0 Å². The molecule has 0 aromatic carbocycles. The number of rotatable bonds is 0. The summed E-state index contributed by atoms with van der Waals surface area (Å²) in [7, 11) is 0. The van der Waals surface area contributed by atoms with Crippen molar-refractivity contribution in [2.75, 3.05) is 0 Å². The molecule has 8 atom stereocenters. The fraction of sp³-hybridized carbons (Fsp3) is 0.750. The zero-order valence-corrected chi connectivity index (χ0v) is 18.9. The van der Waals surface area contributed by atoms with Crippen LogP contribution in [0.2, 0.25) is 0 Å². The third-order valence-electron chi connectivity index (χ3n) is 9.36. The van der Waals surface area contributed by atoms with Gasteiger partial charge in [-0.05, 0) is 38.5 Å². The summed E-state index contributed by atoms with van der Waals surface area (Å²) in [6.45, 7) is 12.5. The SMILES string of the molecule is CC1=C[C@H]2[C@]3(C)CCC(=O)C(C)(C)[C@H]3C(=O)[C@@H](O)[C@]2(C)[C@H]2C(=O)O[C@@H](C)C(=O)[C@]12C. The minimum Gasteiger partial charge on any atom is -0.454 e. The second-order valence-corrected chi connectivity index (χ2v) is 11.2. The maximum Gasteiger partial charge on any atom is 0.311 e. The van der Waals surface area contributed by atoms with E-state index >= 15 is 0 Å². The Morgan fingerprint density at radius 1 is 1.03 bits per heavy atom. The maximum atomic E-state index is 13.6. The molecule has 0 unspecified atom stereocenters. The molecule has 1 N–H and O–H groups in total. The van der Waals surface area contributed by atoms with Crippen molar-refractivity contribution >= 4 is 23.3 Å². The Kier molecular flexibility index (Phi) is 4.21. The van der Waals surface area contributed by atoms with E-state index in [-0.39, 0.29) is 17.5 Å². The highest BCUT2D eigenvalue weighted by atomic mass is 16.5. The molecule has 1 saturated heterocycles. The zero-order chi connectivity index (χ0) is 22.6. The van der Waals surface area contributed by atoms with Crippen molar-refractivity contribution in [3.05, 3.63) is 11.6 Å². The highest BCUT2D eigenvalue weighted by Gasteiger charge is 2.74. The van der Waals surface area contributed by atoms with E-state index in [4.69, 9.17) is 4.74 Å². The Labute approximate surface area is 177 Å². The van der Waals surface area contributed by atoms with Gasteiger partial charge in [0.25, 0.3) is 0 Å². The molecule has 30 heavy (non-hydrogen) atoms. The third kappa shape index (κ3) is 2.13. The number of Topliss-reactive ketones (excluding diaryl/α,β-unsaturated/α-hetero) is 3. The summed E-state index contributed by atoms with van der Waals surface area (Å²) < 4.78 is 5.41. The molecule has 4 aliphatic rings. The molecule has 0 radical (unpaired) electrons. The van der Waals surface area contributed by atoms with E-state index in [1.54, 1.807) is 34.6 Å². The molecule has 2 saturated carbocycles. The van der Waals surface area contributed by atoms with Crippen LogP contribution >= 0.6 is 0 Å². The normalized spacial score (nSPS) is 50.1. The molecule has 6 nitrogen and oxygen atoms in total. The fourth-order valence-corrected chi connectivity index (χ4v) is 7.72. The standard InChI is InChI=1S/C24H32O6/c1-11-10-13-22(5)9-8-14(25)21(3,4)16(22)15(26)19(28)24(13,7)17-20(29)30-12(2)18(27)23(11,17)6/h10,12-13,16-17,19,28H,8-9H2,1-7H3/t12-,13-,16+,17-,19+,22-,23+,24-/m0/s1. The number of aliphatic hydroxyl groups is 1. The van der Waals surface area contributed by atoms with Crippen molar-refractivity contribution in [1.82, 2.24) is 0 Å². The lowest BCUT2D eigenvalue weighted by Crippen LogP contribution is -2.73. The van der Waals surface area contributed by atoms with Crippen LogP contribution in [0.5, 0.6) is 0 Å². The van der Waals surface area contributed by atoms with Crippen LogP contribution in [0.15, 0.2) is 11.6 Å². The highest BCUT2D eigenvalue weighted by molar-refractivity contribution is 6.02. The smallest absolute Gasteiger partial charge is 0.311 e. The average Bonchev–Trinajstić information content (AvgIpc) is 2.64. The van der Waals surface area contributed by atoms with Gasteiger partial charge in [0.05, 0.1) is 11.3 Å². The van der Waals surface area contributed by atoms with E-state index in [9.17, 15) is 24.3 Å². The largest absolute Gasteiger partial charge is 0.454 e. The summed E-state index contributed by atoms with van der Waals surface area (Å²) in [4.78, 5) is 52.8. The average molecular weight is 417 g/mol. The van der Waals surface area contributed by atoms with Crippen molar-refractivity contribution < 1.29 is 29.0 Å². The van der Waals surface area contributed by atoms with Gasteiger partial charge in [-0.25, -0.2) is 0 Å². The minimum absolute atomic E-state index is 0.0246. The predicted molar refractivity (Wildman–Crippen MR) is 108 cm³/mol. The summed E-state index contributed by atoms with van der Waals surface area (Å²) in [6.07, 6.45) is 0.534. The van der Waals surface area contributed by atoms with E-state index in [2.05, 4.69) is 0 Å². The van der Waals surface area contributed by atoms with Crippen molar-refractivity contribution in [2.45, 2.75) is 73.5 Å². The Morgan fingerprint density at radius 2 is 1.63 bits per heavy atom.